The van der Waals surface area contributed by atoms with E-state index < -0.39 is 0 Å². The van der Waals surface area contributed by atoms with Crippen LogP contribution in [0.15, 0.2) is 46.9 Å². The second kappa shape index (κ2) is 7.26. The van der Waals surface area contributed by atoms with Gasteiger partial charge in [-0.3, -0.25) is 0 Å². The Balaban J connectivity index is 2.19. The molecule has 0 spiro atoms. The van der Waals surface area contributed by atoms with Crippen LogP contribution in [-0.2, 0) is 12.8 Å². The first-order valence-corrected chi connectivity index (χ1v) is 8.01. The standard InChI is InChI=1S/C17H19BrClN/c1-3-12-4-6-13(7-5-12)10-17(20-2)15-9-8-14(18)11-16(15)19/h4-9,11,17,20H,3,10H2,1-2H3. The normalized spacial score (nSPS) is 12.4. The zero-order valence-corrected chi connectivity index (χ0v) is 14.1. The van der Waals surface area contributed by atoms with Crippen LogP contribution in [0.2, 0.25) is 5.02 Å². The molecule has 0 aromatic heterocycles. The zero-order valence-electron chi connectivity index (χ0n) is 11.8. The molecule has 2 rings (SSSR count). The van der Waals surface area contributed by atoms with E-state index in [4.69, 9.17) is 11.6 Å². The molecule has 1 nitrogen and oxygen atoms in total. The topological polar surface area (TPSA) is 12.0 Å². The van der Waals surface area contributed by atoms with Gasteiger partial charge in [0.1, 0.15) is 0 Å². The van der Waals surface area contributed by atoms with Crippen LogP contribution in [0.4, 0.5) is 0 Å². The quantitative estimate of drug-likeness (QED) is 0.783. The average Bonchev–Trinajstić information content (AvgIpc) is 2.46. The van der Waals surface area contributed by atoms with Crippen LogP contribution in [0, 0.1) is 0 Å². The van der Waals surface area contributed by atoms with Gasteiger partial charge >= 0.3 is 0 Å². The van der Waals surface area contributed by atoms with Gasteiger partial charge in [-0.05, 0) is 48.7 Å². The van der Waals surface area contributed by atoms with Gasteiger partial charge in [-0.15, -0.1) is 0 Å². The number of hydrogen-bond donors (Lipinski definition) is 1. The summed E-state index contributed by atoms with van der Waals surface area (Å²) in [4.78, 5) is 0. The van der Waals surface area contributed by atoms with Gasteiger partial charge < -0.3 is 5.32 Å². The molecule has 3 heteroatoms. The van der Waals surface area contributed by atoms with Crippen LogP contribution >= 0.6 is 27.5 Å². The lowest BCUT2D eigenvalue weighted by atomic mass is 9.98. The molecule has 0 bridgehead atoms. The van der Waals surface area contributed by atoms with E-state index in [1.807, 2.05) is 19.2 Å². The van der Waals surface area contributed by atoms with Crippen molar-refractivity contribution in [1.29, 1.82) is 0 Å². The molecule has 0 radical (unpaired) electrons. The van der Waals surface area contributed by atoms with Crippen molar-refractivity contribution >= 4 is 27.5 Å². The van der Waals surface area contributed by atoms with Crippen molar-refractivity contribution in [2.24, 2.45) is 0 Å². The molecule has 0 fully saturated rings. The van der Waals surface area contributed by atoms with E-state index in [9.17, 15) is 0 Å². The lowest BCUT2D eigenvalue weighted by Crippen LogP contribution is -2.19. The molecule has 0 heterocycles. The fourth-order valence-corrected chi connectivity index (χ4v) is 3.10. The van der Waals surface area contributed by atoms with Crippen molar-refractivity contribution in [1.82, 2.24) is 5.32 Å². The highest BCUT2D eigenvalue weighted by Gasteiger charge is 2.13. The summed E-state index contributed by atoms with van der Waals surface area (Å²) in [7, 11) is 1.98. The van der Waals surface area contributed by atoms with Gasteiger partial charge in [-0.25, -0.2) is 0 Å². The minimum absolute atomic E-state index is 0.225. The molecule has 1 unspecified atom stereocenters. The zero-order chi connectivity index (χ0) is 14.5. The highest BCUT2D eigenvalue weighted by Crippen LogP contribution is 2.28. The Bertz CT molecular complexity index is 566. The van der Waals surface area contributed by atoms with Gasteiger partial charge in [-0.1, -0.05) is 64.8 Å². The van der Waals surface area contributed by atoms with E-state index in [0.717, 1.165) is 27.9 Å². The third kappa shape index (κ3) is 3.85. The summed E-state index contributed by atoms with van der Waals surface area (Å²) in [5.74, 6) is 0. The molecule has 0 saturated heterocycles. The molecule has 2 aromatic carbocycles. The Labute approximate surface area is 134 Å². The summed E-state index contributed by atoms with van der Waals surface area (Å²) in [6.45, 7) is 2.17. The number of aryl methyl sites for hydroxylation is 1. The fraction of sp³-hybridized carbons (Fsp3) is 0.294. The van der Waals surface area contributed by atoms with Crippen LogP contribution < -0.4 is 5.32 Å². The maximum atomic E-state index is 6.35. The smallest absolute Gasteiger partial charge is 0.0465 e. The largest absolute Gasteiger partial charge is 0.313 e. The molecule has 106 valence electrons. The van der Waals surface area contributed by atoms with E-state index >= 15 is 0 Å². The Morgan fingerprint density at radius 2 is 1.75 bits per heavy atom. The maximum absolute atomic E-state index is 6.35. The van der Waals surface area contributed by atoms with Crippen molar-refractivity contribution in [3.63, 3.8) is 0 Å². The van der Waals surface area contributed by atoms with Crippen molar-refractivity contribution in [2.75, 3.05) is 7.05 Å². The van der Waals surface area contributed by atoms with Crippen molar-refractivity contribution < 1.29 is 0 Å². The predicted molar refractivity (Wildman–Crippen MR) is 90.5 cm³/mol. The SMILES string of the molecule is CCc1ccc(CC(NC)c2ccc(Br)cc2Cl)cc1. The number of halogens is 2. The van der Waals surface area contributed by atoms with E-state index in [1.54, 1.807) is 0 Å². The maximum Gasteiger partial charge on any atom is 0.0465 e. The fourth-order valence-electron chi connectivity index (χ4n) is 2.30. The summed E-state index contributed by atoms with van der Waals surface area (Å²) in [6, 6.07) is 15.1. The van der Waals surface area contributed by atoms with E-state index in [2.05, 4.69) is 58.5 Å². The summed E-state index contributed by atoms with van der Waals surface area (Å²) < 4.78 is 1.01. The van der Waals surface area contributed by atoms with Gasteiger partial charge in [0.25, 0.3) is 0 Å². The van der Waals surface area contributed by atoms with Gasteiger partial charge in [0.2, 0.25) is 0 Å². The van der Waals surface area contributed by atoms with Crippen molar-refractivity contribution in [3.05, 3.63) is 68.7 Å². The summed E-state index contributed by atoms with van der Waals surface area (Å²) in [6.07, 6.45) is 2.01. The Hall–Kier alpha value is -0.830. The first-order valence-electron chi connectivity index (χ1n) is 6.84. The summed E-state index contributed by atoms with van der Waals surface area (Å²) in [5, 5.41) is 4.15. The average molecular weight is 353 g/mol. The van der Waals surface area contributed by atoms with E-state index in [-0.39, 0.29) is 6.04 Å². The number of rotatable bonds is 5. The summed E-state index contributed by atoms with van der Waals surface area (Å²) in [5.41, 5.74) is 3.83. The Morgan fingerprint density at radius 3 is 2.30 bits per heavy atom. The molecule has 0 saturated carbocycles. The van der Waals surface area contributed by atoms with Crippen LogP contribution in [0.1, 0.15) is 29.7 Å². The van der Waals surface area contributed by atoms with Crippen LogP contribution in [0.25, 0.3) is 0 Å². The summed E-state index contributed by atoms with van der Waals surface area (Å²) >= 11 is 9.79. The first kappa shape index (κ1) is 15.6. The highest BCUT2D eigenvalue weighted by molar-refractivity contribution is 9.10. The minimum atomic E-state index is 0.225. The molecule has 20 heavy (non-hydrogen) atoms. The third-order valence-electron chi connectivity index (χ3n) is 3.56. The second-order valence-electron chi connectivity index (χ2n) is 4.88. The highest BCUT2D eigenvalue weighted by atomic mass is 79.9. The number of likely N-dealkylation sites (N-methyl/N-ethyl adjacent to an activating group) is 1. The molecule has 0 aliphatic rings. The molecule has 1 atom stereocenters. The third-order valence-corrected chi connectivity index (χ3v) is 4.38. The predicted octanol–water partition coefficient (Wildman–Crippen LogP) is 5.17. The number of nitrogens with one attached hydrogen (secondary N) is 1. The van der Waals surface area contributed by atoms with Crippen molar-refractivity contribution in [3.8, 4) is 0 Å². The van der Waals surface area contributed by atoms with Gasteiger partial charge in [0.05, 0.1) is 0 Å². The van der Waals surface area contributed by atoms with Crippen LogP contribution in [0.5, 0.6) is 0 Å². The Kier molecular flexibility index (Phi) is 5.64. The first-order chi connectivity index (χ1) is 9.63. The van der Waals surface area contributed by atoms with Gasteiger partial charge in [-0.2, -0.15) is 0 Å². The number of hydrogen-bond acceptors (Lipinski definition) is 1. The molecular weight excluding hydrogens is 334 g/mol. The van der Waals surface area contributed by atoms with Crippen molar-refractivity contribution in [2.45, 2.75) is 25.8 Å². The molecule has 0 amide bonds. The van der Waals surface area contributed by atoms with E-state index in [1.165, 1.54) is 11.1 Å². The van der Waals surface area contributed by atoms with Gasteiger partial charge in [0, 0.05) is 15.5 Å². The monoisotopic (exact) mass is 351 g/mol. The lowest BCUT2D eigenvalue weighted by Gasteiger charge is -2.18. The lowest BCUT2D eigenvalue weighted by molar-refractivity contribution is 0.592. The molecule has 2 aromatic rings. The molecular formula is C17H19BrClN. The number of benzene rings is 2. The molecule has 0 aliphatic carbocycles. The van der Waals surface area contributed by atoms with Crippen LogP contribution in [-0.4, -0.2) is 7.05 Å². The van der Waals surface area contributed by atoms with Gasteiger partial charge in [0.15, 0.2) is 0 Å². The van der Waals surface area contributed by atoms with E-state index in [0.29, 0.717) is 0 Å². The minimum Gasteiger partial charge on any atom is -0.313 e. The second-order valence-corrected chi connectivity index (χ2v) is 6.20. The molecule has 0 aliphatic heterocycles. The molecule has 1 N–H and O–H groups in total. The van der Waals surface area contributed by atoms with Crippen LogP contribution in [0.3, 0.4) is 0 Å². The Morgan fingerprint density at radius 1 is 1.10 bits per heavy atom.